The van der Waals surface area contributed by atoms with E-state index in [-0.39, 0.29) is 23.8 Å². The van der Waals surface area contributed by atoms with Gasteiger partial charge in [0.15, 0.2) is 0 Å². The summed E-state index contributed by atoms with van der Waals surface area (Å²) in [7, 11) is 0. The molecular formula is C23H32N2O3S. The van der Waals surface area contributed by atoms with Gasteiger partial charge in [0.1, 0.15) is 5.75 Å². The second kappa shape index (κ2) is 11.0. The number of amides is 2. The summed E-state index contributed by atoms with van der Waals surface area (Å²) in [5, 5.41) is 4.84. The van der Waals surface area contributed by atoms with Crippen LogP contribution in [0.5, 0.6) is 5.75 Å². The molecule has 6 heteroatoms. The highest BCUT2D eigenvalue weighted by atomic mass is 32.1. The number of rotatable bonds is 10. The third-order valence-electron chi connectivity index (χ3n) is 4.63. The number of ether oxygens (including phenoxy) is 1. The zero-order chi connectivity index (χ0) is 21.3. The van der Waals surface area contributed by atoms with E-state index >= 15 is 0 Å². The standard InChI is InChI=1S/C23H32N2O3S/c1-5-25(17-21(26)24-16-20-8-7-15-29-20)22(27)9-6-14-28-19-12-10-18(11-13-19)23(2,3)4/h7-8,10-13,15H,5-6,9,14,16-17H2,1-4H3,(H,24,26). The minimum Gasteiger partial charge on any atom is -0.494 e. The molecule has 0 aliphatic carbocycles. The highest BCUT2D eigenvalue weighted by Crippen LogP contribution is 2.24. The van der Waals surface area contributed by atoms with Crippen LogP contribution in [0.15, 0.2) is 41.8 Å². The Morgan fingerprint density at radius 2 is 1.86 bits per heavy atom. The third-order valence-corrected chi connectivity index (χ3v) is 5.51. The maximum Gasteiger partial charge on any atom is 0.239 e. The average molecular weight is 417 g/mol. The maximum atomic E-state index is 12.4. The van der Waals surface area contributed by atoms with E-state index in [1.807, 2.05) is 36.6 Å². The van der Waals surface area contributed by atoms with Crippen molar-refractivity contribution in [1.82, 2.24) is 10.2 Å². The van der Waals surface area contributed by atoms with Crippen molar-refractivity contribution < 1.29 is 14.3 Å². The van der Waals surface area contributed by atoms with Crippen LogP contribution in [-0.2, 0) is 21.5 Å². The van der Waals surface area contributed by atoms with Crippen molar-refractivity contribution in [2.75, 3.05) is 19.7 Å². The van der Waals surface area contributed by atoms with E-state index in [2.05, 4.69) is 38.2 Å². The molecule has 0 unspecified atom stereocenters. The van der Waals surface area contributed by atoms with E-state index in [4.69, 9.17) is 4.74 Å². The zero-order valence-corrected chi connectivity index (χ0v) is 18.7. The number of hydrogen-bond donors (Lipinski definition) is 1. The van der Waals surface area contributed by atoms with E-state index in [0.29, 0.717) is 32.5 Å². The molecule has 2 rings (SSSR count). The number of carbonyl (C=O) groups excluding carboxylic acids is 2. The molecule has 0 aliphatic rings. The van der Waals surface area contributed by atoms with Crippen LogP contribution < -0.4 is 10.1 Å². The van der Waals surface area contributed by atoms with Gasteiger partial charge in [-0.2, -0.15) is 0 Å². The summed E-state index contributed by atoms with van der Waals surface area (Å²) < 4.78 is 5.75. The van der Waals surface area contributed by atoms with Crippen LogP contribution in [0.3, 0.4) is 0 Å². The molecule has 0 bridgehead atoms. The Balaban J connectivity index is 1.69. The van der Waals surface area contributed by atoms with Crippen molar-refractivity contribution in [1.29, 1.82) is 0 Å². The van der Waals surface area contributed by atoms with Crippen LogP contribution in [0.25, 0.3) is 0 Å². The van der Waals surface area contributed by atoms with Gasteiger partial charge in [0.25, 0.3) is 0 Å². The van der Waals surface area contributed by atoms with Crippen LogP contribution in [0.4, 0.5) is 0 Å². The second-order valence-electron chi connectivity index (χ2n) is 7.99. The van der Waals surface area contributed by atoms with Crippen LogP contribution in [0.1, 0.15) is 51.0 Å². The molecule has 0 saturated heterocycles. The lowest BCUT2D eigenvalue weighted by molar-refractivity contribution is -0.136. The highest BCUT2D eigenvalue weighted by molar-refractivity contribution is 7.09. The van der Waals surface area contributed by atoms with Gasteiger partial charge in [0.2, 0.25) is 11.8 Å². The Morgan fingerprint density at radius 1 is 1.14 bits per heavy atom. The third kappa shape index (κ3) is 7.89. The minimum absolute atomic E-state index is 0.0227. The van der Waals surface area contributed by atoms with Gasteiger partial charge in [-0.1, -0.05) is 39.0 Å². The molecule has 0 saturated carbocycles. The monoisotopic (exact) mass is 416 g/mol. The summed E-state index contributed by atoms with van der Waals surface area (Å²) in [5.74, 6) is 0.653. The molecule has 0 radical (unpaired) electrons. The predicted octanol–water partition coefficient (Wildman–Crippen LogP) is 4.37. The molecule has 0 spiro atoms. The van der Waals surface area contributed by atoms with Gasteiger partial charge in [0.05, 0.1) is 19.7 Å². The lowest BCUT2D eigenvalue weighted by Gasteiger charge is -2.20. The van der Waals surface area contributed by atoms with Gasteiger partial charge in [0, 0.05) is 17.8 Å². The number of nitrogens with zero attached hydrogens (tertiary/aromatic N) is 1. The summed E-state index contributed by atoms with van der Waals surface area (Å²) >= 11 is 1.60. The Hall–Kier alpha value is -2.34. The molecule has 2 aromatic rings. The number of thiophene rings is 1. The van der Waals surface area contributed by atoms with E-state index in [1.54, 1.807) is 16.2 Å². The molecule has 29 heavy (non-hydrogen) atoms. The van der Waals surface area contributed by atoms with Gasteiger partial charge >= 0.3 is 0 Å². The summed E-state index contributed by atoms with van der Waals surface area (Å²) in [6.45, 7) is 10.0. The normalized spacial score (nSPS) is 11.2. The molecule has 1 aromatic heterocycles. The Morgan fingerprint density at radius 3 is 2.45 bits per heavy atom. The number of benzene rings is 1. The summed E-state index contributed by atoms with van der Waals surface area (Å²) in [4.78, 5) is 27.2. The van der Waals surface area contributed by atoms with E-state index < -0.39 is 0 Å². The topological polar surface area (TPSA) is 58.6 Å². The van der Waals surface area contributed by atoms with Gasteiger partial charge in [-0.15, -0.1) is 11.3 Å². The second-order valence-corrected chi connectivity index (χ2v) is 9.02. The molecule has 1 aromatic carbocycles. The zero-order valence-electron chi connectivity index (χ0n) is 17.9. The molecule has 0 aliphatic heterocycles. The van der Waals surface area contributed by atoms with Crippen molar-refractivity contribution in [2.24, 2.45) is 0 Å². The quantitative estimate of drug-likeness (QED) is 0.585. The van der Waals surface area contributed by atoms with Crippen LogP contribution in [0, 0.1) is 0 Å². The van der Waals surface area contributed by atoms with Crippen molar-refractivity contribution in [3.8, 4) is 5.75 Å². The van der Waals surface area contributed by atoms with Gasteiger partial charge < -0.3 is 15.0 Å². The Kier molecular flexibility index (Phi) is 8.70. The Bertz CT molecular complexity index is 764. The first-order chi connectivity index (χ1) is 13.8. The fraction of sp³-hybridized carbons (Fsp3) is 0.478. The number of nitrogens with one attached hydrogen (secondary N) is 1. The molecule has 0 fully saturated rings. The van der Waals surface area contributed by atoms with E-state index in [0.717, 1.165) is 10.6 Å². The largest absolute Gasteiger partial charge is 0.494 e. The molecule has 158 valence electrons. The number of hydrogen-bond acceptors (Lipinski definition) is 4. The lowest BCUT2D eigenvalue weighted by Crippen LogP contribution is -2.40. The predicted molar refractivity (Wildman–Crippen MR) is 118 cm³/mol. The molecule has 0 atom stereocenters. The maximum absolute atomic E-state index is 12.4. The highest BCUT2D eigenvalue weighted by Gasteiger charge is 2.16. The van der Waals surface area contributed by atoms with Crippen LogP contribution >= 0.6 is 11.3 Å². The van der Waals surface area contributed by atoms with Crippen LogP contribution in [-0.4, -0.2) is 36.4 Å². The van der Waals surface area contributed by atoms with Crippen molar-refractivity contribution >= 4 is 23.2 Å². The average Bonchev–Trinajstić information content (AvgIpc) is 3.21. The SMILES string of the molecule is CCN(CC(=O)NCc1cccs1)C(=O)CCCOc1ccc(C(C)(C)C)cc1. The molecule has 1 N–H and O–H groups in total. The first kappa shape index (κ1) is 22.9. The summed E-state index contributed by atoms with van der Waals surface area (Å²) in [6.07, 6.45) is 0.985. The Labute approximate surface area is 178 Å². The van der Waals surface area contributed by atoms with Gasteiger partial charge in [-0.25, -0.2) is 0 Å². The number of carbonyl (C=O) groups is 2. The lowest BCUT2D eigenvalue weighted by atomic mass is 9.87. The first-order valence-electron chi connectivity index (χ1n) is 10.1. The van der Waals surface area contributed by atoms with Crippen molar-refractivity contribution in [3.63, 3.8) is 0 Å². The van der Waals surface area contributed by atoms with Crippen molar-refractivity contribution in [3.05, 3.63) is 52.2 Å². The fourth-order valence-electron chi connectivity index (χ4n) is 2.83. The van der Waals surface area contributed by atoms with Crippen LogP contribution in [0.2, 0.25) is 0 Å². The molecular weight excluding hydrogens is 384 g/mol. The molecule has 5 nitrogen and oxygen atoms in total. The summed E-state index contributed by atoms with van der Waals surface area (Å²) in [5.41, 5.74) is 1.38. The first-order valence-corrected chi connectivity index (χ1v) is 11.0. The fourth-order valence-corrected chi connectivity index (χ4v) is 3.47. The summed E-state index contributed by atoms with van der Waals surface area (Å²) in [6, 6.07) is 12.0. The van der Waals surface area contributed by atoms with E-state index in [9.17, 15) is 9.59 Å². The van der Waals surface area contributed by atoms with E-state index in [1.165, 1.54) is 5.56 Å². The molecule has 1 heterocycles. The smallest absolute Gasteiger partial charge is 0.239 e. The van der Waals surface area contributed by atoms with Gasteiger partial charge in [-0.05, 0) is 47.9 Å². The number of likely N-dealkylation sites (N-methyl/N-ethyl adjacent to an activating group) is 1. The molecule has 2 amide bonds. The minimum atomic E-state index is -0.135. The van der Waals surface area contributed by atoms with Gasteiger partial charge in [-0.3, -0.25) is 9.59 Å². The van der Waals surface area contributed by atoms with Crippen molar-refractivity contribution in [2.45, 2.75) is 52.5 Å².